The van der Waals surface area contributed by atoms with E-state index < -0.39 is 0 Å². The molecule has 0 amide bonds. The Morgan fingerprint density at radius 2 is 1.42 bits per heavy atom. The Bertz CT molecular complexity index is 772. The molecule has 0 spiro atoms. The maximum absolute atomic E-state index is 10.1. The Morgan fingerprint density at radius 3 is 1.96 bits per heavy atom. The van der Waals surface area contributed by atoms with Crippen molar-refractivity contribution in [2.75, 3.05) is 26.8 Å². The molecule has 2 rings (SSSR count). The Morgan fingerprint density at radius 1 is 0.885 bits per heavy atom. The molecule has 0 bridgehead atoms. The minimum Gasteiger partial charge on any atom is -0.504 e. The molecule has 0 fully saturated rings. The molecule has 0 radical (unpaired) electrons. The number of phenolic OH excluding ortho intramolecular Hbond substituents is 2. The lowest BCUT2D eigenvalue weighted by atomic mass is 10.2. The summed E-state index contributed by atoms with van der Waals surface area (Å²) in [6, 6.07) is 10.6. The molecule has 2 N–H and O–H groups in total. The van der Waals surface area contributed by atoms with Crippen LogP contribution in [0.5, 0.6) is 23.0 Å². The second kappa shape index (κ2) is 10.1. The topological polar surface area (TPSA) is 83.6 Å². The Labute approximate surface area is 153 Å². The highest BCUT2D eigenvalue weighted by Gasteiger charge is 2.05. The highest BCUT2D eigenvalue weighted by molar-refractivity contribution is 5.85. The van der Waals surface area contributed by atoms with Gasteiger partial charge in [-0.25, -0.2) is 0 Å². The first kappa shape index (κ1) is 19.3. The zero-order valence-corrected chi connectivity index (χ0v) is 15.1. The predicted molar refractivity (Wildman–Crippen MR) is 103 cm³/mol. The van der Waals surface area contributed by atoms with E-state index in [4.69, 9.17) is 9.47 Å². The van der Waals surface area contributed by atoms with Crippen molar-refractivity contribution in [3.05, 3.63) is 47.5 Å². The van der Waals surface area contributed by atoms with E-state index in [0.717, 1.165) is 6.42 Å². The van der Waals surface area contributed by atoms with Crippen LogP contribution in [0.25, 0.3) is 0 Å². The van der Waals surface area contributed by atoms with Crippen LogP contribution >= 0.6 is 0 Å². The van der Waals surface area contributed by atoms with Crippen LogP contribution in [0.3, 0.4) is 0 Å². The summed E-state index contributed by atoms with van der Waals surface area (Å²) in [5, 5.41) is 20.1. The van der Waals surface area contributed by atoms with E-state index in [-0.39, 0.29) is 11.5 Å². The van der Waals surface area contributed by atoms with Crippen LogP contribution < -0.4 is 9.47 Å². The van der Waals surface area contributed by atoms with Gasteiger partial charge in [-0.05, 0) is 37.6 Å². The van der Waals surface area contributed by atoms with Gasteiger partial charge in [0.1, 0.15) is 0 Å². The summed E-state index contributed by atoms with van der Waals surface area (Å²) in [6.07, 6.45) is 4.01. The molecule has 0 saturated heterocycles. The fraction of sp³-hybridized carbons (Fsp3) is 0.300. The van der Waals surface area contributed by atoms with Gasteiger partial charge in [0.05, 0.1) is 13.7 Å². The Balaban J connectivity index is 1.82. The Kier molecular flexibility index (Phi) is 7.49. The van der Waals surface area contributed by atoms with Gasteiger partial charge >= 0.3 is 0 Å². The van der Waals surface area contributed by atoms with Crippen LogP contribution in [0, 0.1) is 0 Å². The molecule has 0 atom stereocenters. The lowest BCUT2D eigenvalue weighted by Crippen LogP contribution is -1.94. The monoisotopic (exact) mass is 356 g/mol. The number of benzene rings is 2. The van der Waals surface area contributed by atoms with Gasteiger partial charge in [0.15, 0.2) is 23.0 Å². The van der Waals surface area contributed by atoms with Crippen LogP contribution in [0.4, 0.5) is 0 Å². The fourth-order valence-corrected chi connectivity index (χ4v) is 2.30. The summed E-state index contributed by atoms with van der Waals surface area (Å²) >= 11 is 0. The van der Waals surface area contributed by atoms with Crippen molar-refractivity contribution in [3.8, 4) is 23.0 Å². The van der Waals surface area contributed by atoms with Gasteiger partial charge in [-0.15, -0.1) is 0 Å². The van der Waals surface area contributed by atoms with Crippen LogP contribution in [0.1, 0.15) is 24.5 Å². The molecule has 0 aliphatic heterocycles. The molecule has 0 aromatic heterocycles. The van der Waals surface area contributed by atoms with E-state index in [0.29, 0.717) is 42.3 Å². The number of aromatic hydroxyl groups is 2. The molecule has 2 aromatic carbocycles. The van der Waals surface area contributed by atoms with Crippen molar-refractivity contribution in [1.82, 2.24) is 0 Å². The maximum atomic E-state index is 10.1. The van der Waals surface area contributed by atoms with Crippen LogP contribution in [-0.2, 0) is 0 Å². The van der Waals surface area contributed by atoms with Gasteiger partial charge in [-0.3, -0.25) is 9.98 Å². The van der Waals surface area contributed by atoms with E-state index in [1.54, 1.807) is 42.8 Å². The number of para-hydroxylation sites is 2. The van der Waals surface area contributed by atoms with Crippen LogP contribution in [0.2, 0.25) is 0 Å². The number of rotatable bonds is 9. The second-order valence-electron chi connectivity index (χ2n) is 5.45. The molecular formula is C20H24N2O4. The van der Waals surface area contributed by atoms with Crippen LogP contribution in [-0.4, -0.2) is 49.4 Å². The van der Waals surface area contributed by atoms with Gasteiger partial charge in [0.2, 0.25) is 0 Å². The summed E-state index contributed by atoms with van der Waals surface area (Å²) in [4.78, 5) is 8.60. The molecule has 0 heterocycles. The van der Waals surface area contributed by atoms with Crippen molar-refractivity contribution in [2.24, 2.45) is 9.98 Å². The predicted octanol–water partition coefficient (Wildman–Crippen LogP) is 3.43. The maximum Gasteiger partial charge on any atom is 0.166 e. The molecule has 6 heteroatoms. The number of ether oxygens (including phenoxy) is 2. The molecular weight excluding hydrogens is 332 g/mol. The van der Waals surface area contributed by atoms with Crippen molar-refractivity contribution < 1.29 is 19.7 Å². The average molecular weight is 356 g/mol. The highest BCUT2D eigenvalue weighted by Crippen LogP contribution is 2.29. The molecule has 6 nitrogen and oxygen atoms in total. The van der Waals surface area contributed by atoms with Crippen molar-refractivity contribution in [1.29, 1.82) is 0 Å². The molecule has 26 heavy (non-hydrogen) atoms. The van der Waals surface area contributed by atoms with E-state index in [9.17, 15) is 10.2 Å². The van der Waals surface area contributed by atoms with Gasteiger partial charge in [-0.1, -0.05) is 12.1 Å². The molecule has 2 aromatic rings. The largest absolute Gasteiger partial charge is 0.504 e. The summed E-state index contributed by atoms with van der Waals surface area (Å²) in [7, 11) is 1.51. The first-order valence-electron chi connectivity index (χ1n) is 8.47. The third-order valence-corrected chi connectivity index (χ3v) is 3.62. The number of hydrogen-bond donors (Lipinski definition) is 2. The van der Waals surface area contributed by atoms with E-state index in [2.05, 4.69) is 9.98 Å². The lowest BCUT2D eigenvalue weighted by molar-refractivity contribution is 0.318. The molecule has 0 saturated carbocycles. The van der Waals surface area contributed by atoms with Crippen molar-refractivity contribution in [2.45, 2.75) is 13.3 Å². The minimum atomic E-state index is 0.0847. The fourth-order valence-electron chi connectivity index (χ4n) is 2.30. The molecule has 0 unspecified atom stereocenters. The van der Waals surface area contributed by atoms with Gasteiger partial charge < -0.3 is 19.7 Å². The van der Waals surface area contributed by atoms with Crippen molar-refractivity contribution >= 4 is 12.4 Å². The SMILES string of the molecule is CCOc1cccc(C=NCCCN=Cc2cccc(OC)c2O)c1O. The summed E-state index contributed by atoms with van der Waals surface area (Å²) in [5.41, 5.74) is 1.24. The third kappa shape index (κ3) is 5.24. The van der Waals surface area contributed by atoms with E-state index >= 15 is 0 Å². The highest BCUT2D eigenvalue weighted by atomic mass is 16.5. The normalized spacial score (nSPS) is 11.3. The standard InChI is InChI=1S/C20H24N2O4/c1-3-26-18-10-5-8-16(20(18)24)14-22-12-6-11-21-13-15-7-4-9-17(25-2)19(15)23/h4-5,7-10,13-14,23-24H,3,6,11-12H2,1-2H3. The first-order chi connectivity index (χ1) is 12.7. The van der Waals surface area contributed by atoms with Gasteiger partial charge in [0.25, 0.3) is 0 Å². The summed E-state index contributed by atoms with van der Waals surface area (Å²) in [6.45, 7) is 3.53. The molecule has 138 valence electrons. The molecule has 0 aliphatic rings. The number of methoxy groups -OCH3 is 1. The lowest BCUT2D eigenvalue weighted by Gasteiger charge is -2.07. The van der Waals surface area contributed by atoms with Gasteiger partial charge in [0, 0.05) is 36.6 Å². The number of aliphatic imine (C=N–C) groups is 2. The zero-order valence-electron chi connectivity index (χ0n) is 15.1. The third-order valence-electron chi connectivity index (χ3n) is 3.62. The van der Waals surface area contributed by atoms with E-state index in [1.165, 1.54) is 7.11 Å². The minimum absolute atomic E-state index is 0.0847. The Hall–Kier alpha value is -3.02. The smallest absolute Gasteiger partial charge is 0.166 e. The second-order valence-corrected chi connectivity index (χ2v) is 5.45. The zero-order chi connectivity index (χ0) is 18.8. The van der Waals surface area contributed by atoms with Crippen LogP contribution in [0.15, 0.2) is 46.4 Å². The summed E-state index contributed by atoms with van der Waals surface area (Å²) < 4.78 is 10.4. The van der Waals surface area contributed by atoms with Crippen molar-refractivity contribution in [3.63, 3.8) is 0 Å². The summed E-state index contributed by atoms with van der Waals surface area (Å²) in [5.74, 6) is 1.07. The average Bonchev–Trinajstić information content (AvgIpc) is 2.65. The van der Waals surface area contributed by atoms with Gasteiger partial charge in [-0.2, -0.15) is 0 Å². The number of hydrogen-bond acceptors (Lipinski definition) is 6. The van der Waals surface area contributed by atoms with E-state index in [1.807, 2.05) is 13.0 Å². The molecule has 0 aliphatic carbocycles. The first-order valence-corrected chi connectivity index (χ1v) is 8.47. The number of nitrogens with zero attached hydrogens (tertiary/aromatic N) is 2. The number of phenols is 2. The quantitative estimate of drug-likeness (QED) is 0.532.